The van der Waals surface area contributed by atoms with E-state index in [1.807, 2.05) is 31.2 Å². The van der Waals surface area contributed by atoms with Gasteiger partial charge in [-0.05, 0) is 36.8 Å². The summed E-state index contributed by atoms with van der Waals surface area (Å²) in [5.74, 6) is -0.644. The SMILES string of the molecule is Cc1ccc(CN2C(=O)N/C(=C\c3ccc(-c4cccc(C(=O)O)c4)o3)C2=O)cc1. The van der Waals surface area contributed by atoms with E-state index in [2.05, 4.69) is 5.32 Å². The maximum atomic E-state index is 12.7. The number of hydrogen-bond acceptors (Lipinski definition) is 4. The molecule has 0 radical (unpaired) electrons. The topological polar surface area (TPSA) is 99.8 Å². The minimum absolute atomic E-state index is 0.118. The molecule has 0 aliphatic carbocycles. The van der Waals surface area contributed by atoms with Crippen LogP contribution < -0.4 is 5.32 Å². The largest absolute Gasteiger partial charge is 0.478 e. The van der Waals surface area contributed by atoms with Crippen molar-refractivity contribution >= 4 is 24.0 Å². The molecule has 0 saturated carbocycles. The first-order valence-electron chi connectivity index (χ1n) is 9.24. The van der Waals surface area contributed by atoms with Crippen LogP contribution >= 0.6 is 0 Å². The molecule has 30 heavy (non-hydrogen) atoms. The zero-order chi connectivity index (χ0) is 21.3. The molecule has 3 amide bonds. The Morgan fingerprint density at radius 3 is 2.60 bits per heavy atom. The Labute approximate surface area is 172 Å². The summed E-state index contributed by atoms with van der Waals surface area (Å²) in [7, 11) is 0. The van der Waals surface area contributed by atoms with Gasteiger partial charge in [0.25, 0.3) is 5.91 Å². The molecule has 4 rings (SSSR count). The number of nitrogens with one attached hydrogen (secondary N) is 1. The summed E-state index contributed by atoms with van der Waals surface area (Å²) < 4.78 is 5.73. The average Bonchev–Trinajstić information content (AvgIpc) is 3.30. The van der Waals surface area contributed by atoms with Crippen LogP contribution in [0, 0.1) is 6.92 Å². The molecule has 0 spiro atoms. The molecule has 7 heteroatoms. The highest BCUT2D eigenvalue weighted by Gasteiger charge is 2.33. The summed E-state index contributed by atoms with van der Waals surface area (Å²) in [5, 5.41) is 11.7. The standard InChI is InChI=1S/C23H18N2O5/c1-14-5-7-15(8-6-14)13-25-21(26)19(24-23(25)29)12-18-9-10-20(30-18)16-3-2-4-17(11-16)22(27)28/h2-12H,13H2,1H3,(H,24,29)(H,27,28)/b19-12-. The number of aromatic carboxylic acids is 1. The summed E-state index contributed by atoms with van der Waals surface area (Å²) >= 11 is 0. The fraction of sp³-hybridized carbons (Fsp3) is 0.0870. The Morgan fingerprint density at radius 2 is 1.87 bits per heavy atom. The quantitative estimate of drug-likeness (QED) is 0.495. The van der Waals surface area contributed by atoms with Crippen LogP contribution in [0.5, 0.6) is 0 Å². The molecule has 150 valence electrons. The first-order chi connectivity index (χ1) is 14.4. The van der Waals surface area contributed by atoms with Crippen molar-refractivity contribution in [2.45, 2.75) is 13.5 Å². The number of carboxylic acids is 1. The van der Waals surface area contributed by atoms with E-state index in [1.165, 1.54) is 18.2 Å². The number of furan rings is 1. The molecule has 1 fully saturated rings. The molecule has 1 aliphatic rings. The van der Waals surface area contributed by atoms with Crippen molar-refractivity contribution in [3.63, 3.8) is 0 Å². The maximum absolute atomic E-state index is 12.7. The highest BCUT2D eigenvalue weighted by molar-refractivity contribution is 6.13. The van der Waals surface area contributed by atoms with Crippen LogP contribution in [0.25, 0.3) is 17.4 Å². The highest BCUT2D eigenvalue weighted by Crippen LogP contribution is 2.25. The van der Waals surface area contributed by atoms with E-state index >= 15 is 0 Å². The minimum atomic E-state index is -1.03. The third-order valence-corrected chi connectivity index (χ3v) is 4.73. The zero-order valence-corrected chi connectivity index (χ0v) is 16.1. The van der Waals surface area contributed by atoms with Gasteiger partial charge in [-0.25, -0.2) is 9.59 Å². The Kier molecular flexibility index (Phi) is 4.93. The second kappa shape index (κ2) is 7.71. The fourth-order valence-corrected chi connectivity index (χ4v) is 3.12. The smallest absolute Gasteiger partial charge is 0.335 e. The van der Waals surface area contributed by atoms with Crippen LogP contribution in [0.4, 0.5) is 4.79 Å². The van der Waals surface area contributed by atoms with E-state index in [1.54, 1.807) is 24.3 Å². The number of carbonyl (C=O) groups is 3. The van der Waals surface area contributed by atoms with E-state index in [0.29, 0.717) is 17.1 Å². The zero-order valence-electron chi connectivity index (χ0n) is 16.1. The van der Waals surface area contributed by atoms with Crippen molar-refractivity contribution in [1.29, 1.82) is 0 Å². The van der Waals surface area contributed by atoms with Crippen molar-refractivity contribution < 1.29 is 23.9 Å². The first kappa shape index (κ1) is 19.2. The van der Waals surface area contributed by atoms with Crippen molar-refractivity contribution in [2.24, 2.45) is 0 Å². The number of carbonyl (C=O) groups excluding carboxylic acids is 2. The molecule has 0 unspecified atom stereocenters. The number of amides is 3. The lowest BCUT2D eigenvalue weighted by molar-refractivity contribution is -0.123. The van der Waals surface area contributed by atoms with Gasteiger partial charge < -0.3 is 14.8 Å². The van der Waals surface area contributed by atoms with Gasteiger partial charge in [0.15, 0.2) is 0 Å². The number of rotatable bonds is 5. The highest BCUT2D eigenvalue weighted by atomic mass is 16.4. The second-order valence-corrected chi connectivity index (χ2v) is 6.95. The monoisotopic (exact) mass is 402 g/mol. The molecule has 7 nitrogen and oxygen atoms in total. The number of imide groups is 1. The van der Waals surface area contributed by atoms with Gasteiger partial charge in [-0.3, -0.25) is 9.69 Å². The number of carboxylic acid groups (broad SMARTS) is 1. The number of hydrogen-bond donors (Lipinski definition) is 2. The molecule has 2 N–H and O–H groups in total. The molecular formula is C23H18N2O5. The molecule has 3 aromatic rings. The van der Waals surface area contributed by atoms with Gasteiger partial charge in [0.1, 0.15) is 17.2 Å². The summed E-state index contributed by atoms with van der Waals surface area (Å²) in [4.78, 5) is 37.2. The lowest BCUT2D eigenvalue weighted by Crippen LogP contribution is -2.30. The molecule has 1 aromatic heterocycles. The van der Waals surface area contributed by atoms with E-state index in [9.17, 15) is 14.4 Å². The van der Waals surface area contributed by atoms with Gasteiger partial charge in [0, 0.05) is 11.6 Å². The number of nitrogens with zero attached hydrogens (tertiary/aromatic N) is 1. The van der Waals surface area contributed by atoms with E-state index in [0.717, 1.165) is 16.0 Å². The fourth-order valence-electron chi connectivity index (χ4n) is 3.12. The van der Waals surface area contributed by atoms with Crippen molar-refractivity contribution in [3.05, 3.63) is 88.8 Å². The molecule has 2 aromatic carbocycles. The summed E-state index contributed by atoms with van der Waals surface area (Å²) in [6.45, 7) is 2.14. The molecular weight excluding hydrogens is 384 g/mol. The average molecular weight is 402 g/mol. The van der Waals surface area contributed by atoms with Gasteiger partial charge in [0.05, 0.1) is 12.1 Å². The summed E-state index contributed by atoms with van der Waals surface area (Å²) in [6, 6.07) is 16.8. The summed E-state index contributed by atoms with van der Waals surface area (Å²) in [6.07, 6.45) is 1.46. The van der Waals surface area contributed by atoms with Crippen molar-refractivity contribution in [3.8, 4) is 11.3 Å². The minimum Gasteiger partial charge on any atom is -0.478 e. The van der Waals surface area contributed by atoms with Crippen LogP contribution in [0.3, 0.4) is 0 Å². The third-order valence-electron chi connectivity index (χ3n) is 4.73. The molecule has 1 saturated heterocycles. The van der Waals surface area contributed by atoms with Crippen LogP contribution in [-0.4, -0.2) is 27.9 Å². The predicted octanol–water partition coefficient (Wildman–Crippen LogP) is 4.05. The Balaban J connectivity index is 1.53. The Bertz CT molecular complexity index is 1170. The Hall–Kier alpha value is -4.13. The van der Waals surface area contributed by atoms with Crippen molar-refractivity contribution in [2.75, 3.05) is 0 Å². The lowest BCUT2D eigenvalue weighted by Gasteiger charge is -2.11. The molecule has 0 bridgehead atoms. The number of aryl methyl sites for hydroxylation is 1. The van der Waals surface area contributed by atoms with Crippen LogP contribution in [0.15, 0.2) is 70.8 Å². The molecule has 1 aliphatic heterocycles. The Morgan fingerprint density at radius 1 is 1.10 bits per heavy atom. The number of urea groups is 1. The van der Waals surface area contributed by atoms with Gasteiger partial charge in [-0.2, -0.15) is 0 Å². The molecule has 2 heterocycles. The lowest BCUT2D eigenvalue weighted by atomic mass is 10.1. The first-order valence-corrected chi connectivity index (χ1v) is 9.24. The second-order valence-electron chi connectivity index (χ2n) is 6.95. The maximum Gasteiger partial charge on any atom is 0.335 e. The van der Waals surface area contributed by atoms with Crippen LogP contribution in [0.2, 0.25) is 0 Å². The number of benzene rings is 2. The van der Waals surface area contributed by atoms with E-state index in [-0.39, 0.29) is 17.8 Å². The van der Waals surface area contributed by atoms with E-state index < -0.39 is 17.9 Å². The predicted molar refractivity (Wildman–Crippen MR) is 109 cm³/mol. The third kappa shape index (κ3) is 3.86. The van der Waals surface area contributed by atoms with Gasteiger partial charge in [-0.1, -0.05) is 42.0 Å². The summed E-state index contributed by atoms with van der Waals surface area (Å²) in [5.41, 5.74) is 2.81. The van der Waals surface area contributed by atoms with Gasteiger partial charge in [-0.15, -0.1) is 0 Å². The van der Waals surface area contributed by atoms with Crippen LogP contribution in [0.1, 0.15) is 27.2 Å². The van der Waals surface area contributed by atoms with Crippen molar-refractivity contribution in [1.82, 2.24) is 10.2 Å². The molecule has 0 atom stereocenters. The van der Waals surface area contributed by atoms with Gasteiger partial charge >= 0.3 is 12.0 Å². The van der Waals surface area contributed by atoms with Crippen LogP contribution in [-0.2, 0) is 11.3 Å². The normalized spacial score (nSPS) is 15.0. The van der Waals surface area contributed by atoms with E-state index in [4.69, 9.17) is 9.52 Å². The van der Waals surface area contributed by atoms with Gasteiger partial charge in [0.2, 0.25) is 0 Å².